The van der Waals surface area contributed by atoms with Gasteiger partial charge in [-0.25, -0.2) is 9.37 Å². The first-order chi connectivity index (χ1) is 12.7. The molecule has 138 valence electrons. The van der Waals surface area contributed by atoms with Gasteiger partial charge >= 0.3 is 0 Å². The molecular weight excluding hydrogens is 355 g/mol. The van der Waals surface area contributed by atoms with E-state index in [1.54, 1.807) is 4.90 Å². The standard InChI is InChI=1S/C18H21FN4O2S/c19-14-1-3-15(4-2-14)21-5-7-23(8-6-21)18-20-16(13-26-18)17(24)22-9-11-25-12-10-22/h1-4,13H,5-12H2. The normalized spacial score (nSPS) is 18.3. The van der Waals surface area contributed by atoms with Gasteiger partial charge in [0.2, 0.25) is 0 Å². The van der Waals surface area contributed by atoms with Gasteiger partial charge in [-0.1, -0.05) is 0 Å². The molecule has 0 aliphatic carbocycles. The number of benzene rings is 1. The van der Waals surface area contributed by atoms with Crippen molar-refractivity contribution in [2.75, 3.05) is 62.3 Å². The van der Waals surface area contributed by atoms with Crippen LogP contribution in [0.25, 0.3) is 0 Å². The van der Waals surface area contributed by atoms with Crippen LogP contribution in [0.1, 0.15) is 10.5 Å². The summed E-state index contributed by atoms with van der Waals surface area (Å²) < 4.78 is 18.4. The maximum absolute atomic E-state index is 13.1. The molecule has 0 atom stereocenters. The van der Waals surface area contributed by atoms with Crippen molar-refractivity contribution in [2.45, 2.75) is 0 Å². The Kier molecular flexibility index (Phi) is 5.03. The average molecular weight is 376 g/mol. The molecule has 4 rings (SSSR count). The first-order valence-electron chi connectivity index (χ1n) is 8.79. The highest BCUT2D eigenvalue weighted by Gasteiger charge is 2.24. The van der Waals surface area contributed by atoms with Crippen LogP contribution in [0.5, 0.6) is 0 Å². The Morgan fingerprint density at radius 3 is 2.35 bits per heavy atom. The van der Waals surface area contributed by atoms with Crippen molar-refractivity contribution < 1.29 is 13.9 Å². The lowest BCUT2D eigenvalue weighted by Gasteiger charge is -2.36. The monoisotopic (exact) mass is 376 g/mol. The third-order valence-electron chi connectivity index (χ3n) is 4.75. The topological polar surface area (TPSA) is 48.9 Å². The molecule has 8 heteroatoms. The molecule has 0 N–H and O–H groups in total. The van der Waals surface area contributed by atoms with Crippen LogP contribution in [0.3, 0.4) is 0 Å². The van der Waals surface area contributed by atoms with Gasteiger partial charge in [0.25, 0.3) is 5.91 Å². The third-order valence-corrected chi connectivity index (χ3v) is 5.65. The van der Waals surface area contributed by atoms with Gasteiger partial charge in [0.15, 0.2) is 5.13 Å². The van der Waals surface area contributed by atoms with Crippen molar-refractivity contribution in [2.24, 2.45) is 0 Å². The fourth-order valence-corrected chi connectivity index (χ4v) is 4.10. The molecule has 1 aromatic heterocycles. The van der Waals surface area contributed by atoms with E-state index in [0.29, 0.717) is 32.0 Å². The van der Waals surface area contributed by atoms with E-state index in [2.05, 4.69) is 14.8 Å². The molecule has 2 aliphatic heterocycles. The van der Waals surface area contributed by atoms with Gasteiger partial charge in [0.1, 0.15) is 11.5 Å². The van der Waals surface area contributed by atoms with Gasteiger partial charge in [0.05, 0.1) is 13.2 Å². The summed E-state index contributed by atoms with van der Waals surface area (Å²) in [6.07, 6.45) is 0. The molecular formula is C18H21FN4O2S. The van der Waals surface area contributed by atoms with E-state index in [1.165, 1.54) is 23.5 Å². The number of piperazine rings is 1. The molecule has 2 saturated heterocycles. The van der Waals surface area contributed by atoms with E-state index in [-0.39, 0.29) is 11.7 Å². The highest BCUT2D eigenvalue weighted by molar-refractivity contribution is 7.13. The predicted molar refractivity (Wildman–Crippen MR) is 99.7 cm³/mol. The second-order valence-electron chi connectivity index (χ2n) is 6.37. The minimum atomic E-state index is -0.215. The summed E-state index contributed by atoms with van der Waals surface area (Å²) in [5.41, 5.74) is 1.56. The van der Waals surface area contributed by atoms with Gasteiger partial charge < -0.3 is 19.4 Å². The van der Waals surface area contributed by atoms with Crippen molar-refractivity contribution in [3.63, 3.8) is 0 Å². The number of morpholine rings is 1. The molecule has 2 fully saturated rings. The average Bonchev–Trinajstić information content (AvgIpc) is 3.19. The fourth-order valence-electron chi connectivity index (χ4n) is 3.24. The SMILES string of the molecule is O=C(c1csc(N2CCN(c3ccc(F)cc3)CC2)n1)N1CCOCC1. The minimum Gasteiger partial charge on any atom is -0.378 e. The van der Waals surface area contributed by atoms with E-state index in [4.69, 9.17) is 4.74 Å². The van der Waals surface area contributed by atoms with Crippen molar-refractivity contribution in [3.05, 3.63) is 41.2 Å². The molecule has 2 aromatic rings. The van der Waals surface area contributed by atoms with Gasteiger partial charge in [0, 0.05) is 50.3 Å². The Morgan fingerprint density at radius 2 is 1.65 bits per heavy atom. The lowest BCUT2D eigenvalue weighted by atomic mass is 10.2. The number of ether oxygens (including phenoxy) is 1. The summed E-state index contributed by atoms with van der Waals surface area (Å²) in [4.78, 5) is 23.3. The molecule has 6 nitrogen and oxygen atoms in total. The maximum atomic E-state index is 13.1. The van der Waals surface area contributed by atoms with Crippen LogP contribution in [0, 0.1) is 5.82 Å². The number of rotatable bonds is 3. The molecule has 1 amide bonds. The molecule has 0 spiro atoms. The summed E-state index contributed by atoms with van der Waals surface area (Å²) in [5, 5.41) is 2.74. The van der Waals surface area contributed by atoms with Crippen LogP contribution < -0.4 is 9.80 Å². The number of carbonyl (C=O) groups excluding carboxylic acids is 1. The number of amides is 1. The van der Waals surface area contributed by atoms with Gasteiger partial charge in [-0.05, 0) is 24.3 Å². The van der Waals surface area contributed by atoms with E-state index in [0.717, 1.165) is 37.0 Å². The van der Waals surface area contributed by atoms with E-state index < -0.39 is 0 Å². The van der Waals surface area contributed by atoms with Crippen molar-refractivity contribution in [3.8, 4) is 0 Å². The molecule has 3 heterocycles. The van der Waals surface area contributed by atoms with Crippen molar-refractivity contribution in [1.82, 2.24) is 9.88 Å². The van der Waals surface area contributed by atoms with Gasteiger partial charge in [-0.3, -0.25) is 4.79 Å². The molecule has 0 saturated carbocycles. The summed E-state index contributed by atoms with van der Waals surface area (Å²) in [6.45, 7) is 5.79. The third kappa shape index (κ3) is 3.66. The zero-order chi connectivity index (χ0) is 17.9. The number of aromatic nitrogens is 1. The van der Waals surface area contributed by atoms with Crippen LogP contribution in [0.15, 0.2) is 29.6 Å². The van der Waals surface area contributed by atoms with Crippen LogP contribution in [0.4, 0.5) is 15.2 Å². The highest BCUT2D eigenvalue weighted by atomic mass is 32.1. The smallest absolute Gasteiger partial charge is 0.273 e. The summed E-state index contributed by atoms with van der Waals surface area (Å²) in [6, 6.07) is 6.61. The Labute approximate surface area is 155 Å². The molecule has 26 heavy (non-hydrogen) atoms. The van der Waals surface area contributed by atoms with Crippen LogP contribution in [-0.2, 0) is 4.74 Å². The van der Waals surface area contributed by atoms with E-state index >= 15 is 0 Å². The molecule has 1 aromatic carbocycles. The number of halogens is 1. The van der Waals surface area contributed by atoms with Gasteiger partial charge in [-0.2, -0.15) is 0 Å². The predicted octanol–water partition coefficient (Wildman–Crippen LogP) is 2.08. The van der Waals surface area contributed by atoms with Crippen LogP contribution in [-0.4, -0.2) is 68.3 Å². The summed E-state index contributed by atoms with van der Waals surface area (Å²) >= 11 is 1.52. The van der Waals surface area contributed by atoms with Crippen molar-refractivity contribution in [1.29, 1.82) is 0 Å². The molecule has 0 unspecified atom stereocenters. The lowest BCUT2D eigenvalue weighted by Crippen LogP contribution is -2.46. The van der Waals surface area contributed by atoms with Crippen LogP contribution >= 0.6 is 11.3 Å². The summed E-state index contributed by atoms with van der Waals surface area (Å²) in [5.74, 6) is -0.228. The zero-order valence-electron chi connectivity index (χ0n) is 14.4. The number of hydrogen-bond acceptors (Lipinski definition) is 6. The van der Waals surface area contributed by atoms with E-state index in [9.17, 15) is 9.18 Å². The summed E-state index contributed by atoms with van der Waals surface area (Å²) in [7, 11) is 0. The first kappa shape index (κ1) is 17.2. The molecule has 0 bridgehead atoms. The lowest BCUT2D eigenvalue weighted by molar-refractivity contribution is 0.0299. The quantitative estimate of drug-likeness (QED) is 0.821. The Balaban J connectivity index is 1.36. The number of hydrogen-bond donors (Lipinski definition) is 0. The largest absolute Gasteiger partial charge is 0.378 e. The van der Waals surface area contributed by atoms with E-state index in [1.807, 2.05) is 17.5 Å². The number of carbonyl (C=O) groups is 1. The Hall–Kier alpha value is -2.19. The first-order valence-corrected chi connectivity index (χ1v) is 9.67. The Bertz CT molecular complexity index is 753. The number of nitrogens with zero attached hydrogens (tertiary/aromatic N) is 4. The Morgan fingerprint density at radius 1 is 1.00 bits per heavy atom. The molecule has 2 aliphatic rings. The maximum Gasteiger partial charge on any atom is 0.273 e. The van der Waals surface area contributed by atoms with Crippen molar-refractivity contribution >= 4 is 28.1 Å². The number of anilines is 2. The van der Waals surface area contributed by atoms with Crippen LogP contribution in [0.2, 0.25) is 0 Å². The fraction of sp³-hybridized carbons (Fsp3) is 0.444. The second kappa shape index (κ2) is 7.59. The molecule has 0 radical (unpaired) electrons. The highest BCUT2D eigenvalue weighted by Crippen LogP contribution is 2.24. The second-order valence-corrected chi connectivity index (χ2v) is 7.21. The number of thiazole rings is 1. The minimum absolute atomic E-state index is 0.0132. The van der Waals surface area contributed by atoms with Gasteiger partial charge in [-0.15, -0.1) is 11.3 Å². The zero-order valence-corrected chi connectivity index (χ0v) is 15.3.